The van der Waals surface area contributed by atoms with E-state index in [4.69, 9.17) is 34.4 Å². The van der Waals surface area contributed by atoms with Crippen LogP contribution < -0.4 is 39.7 Å². The van der Waals surface area contributed by atoms with Crippen molar-refractivity contribution in [1.82, 2.24) is 0 Å². The van der Waals surface area contributed by atoms with E-state index in [2.05, 4.69) is 5.32 Å². The molecule has 1 aliphatic heterocycles. The topological polar surface area (TPSA) is 185 Å². The van der Waals surface area contributed by atoms with Crippen LogP contribution in [-0.2, 0) is 0 Å². The summed E-state index contributed by atoms with van der Waals surface area (Å²) < 4.78 is 0. The van der Waals surface area contributed by atoms with Crippen molar-refractivity contribution in [3.63, 3.8) is 0 Å². The number of Topliss-reactive ketones (excluding diaryl/α,β-unsaturated/α-hetero) is 1. The van der Waals surface area contributed by atoms with Gasteiger partial charge in [-0.3, -0.25) is 4.79 Å². The van der Waals surface area contributed by atoms with Gasteiger partial charge in [-0.1, -0.05) is 0 Å². The number of carbonyl (C=O) groups excluding carboxylic acids is 1. The van der Waals surface area contributed by atoms with Crippen molar-refractivity contribution in [1.29, 1.82) is 0 Å². The molecule has 0 bridgehead atoms. The lowest BCUT2D eigenvalue weighted by Gasteiger charge is -2.28. The fraction of sp³-hybridized carbons (Fsp3) is 0.100. The van der Waals surface area contributed by atoms with Crippen molar-refractivity contribution in [3.05, 3.63) is 17.3 Å². The number of nitrogens with one attached hydrogen (secondary N) is 1. The van der Waals surface area contributed by atoms with Crippen LogP contribution in [0.25, 0.3) is 0 Å². The number of anilines is 5. The molecule has 13 N–H and O–H groups in total. The number of carbonyl (C=O) groups is 1. The Balaban J connectivity index is 2.80. The van der Waals surface area contributed by atoms with Gasteiger partial charge < -0.3 is 39.7 Å². The molecule has 0 fully saturated rings. The Hall–Kier alpha value is -2.61. The van der Waals surface area contributed by atoms with E-state index in [-0.39, 0.29) is 33.9 Å². The summed E-state index contributed by atoms with van der Waals surface area (Å²) in [4.78, 5) is 12.2. The summed E-state index contributed by atoms with van der Waals surface area (Å²) in [6, 6.07) is 0. The average Bonchev–Trinajstić information content (AvgIpc) is 2.33. The molecule has 0 aliphatic carbocycles. The van der Waals surface area contributed by atoms with Crippen LogP contribution in [0.15, 0.2) is 11.8 Å². The van der Waals surface area contributed by atoms with Crippen LogP contribution in [0.1, 0.15) is 10.4 Å². The number of hydrogen-bond donors (Lipinski definition) is 7. The summed E-state index contributed by atoms with van der Waals surface area (Å²) in [6.45, 7) is 0. The first kappa shape index (κ1) is 11.9. The molecule has 2 rings (SSSR count). The lowest BCUT2D eigenvalue weighted by atomic mass is 9.92. The first-order valence-corrected chi connectivity index (χ1v) is 5.14. The van der Waals surface area contributed by atoms with Crippen molar-refractivity contribution in [2.24, 2.45) is 11.5 Å². The standard InChI is InChI=1S/C10H15N7O/c11-1-2-9(18)3-4(12)5(13)6(14)7(15)8(3)17-10(2)16/h1,10,17H,11-16H2/b2-1-. The second-order valence-corrected chi connectivity index (χ2v) is 3.98. The Bertz CT molecular complexity index is 578. The molecule has 0 amide bonds. The molecule has 1 heterocycles. The van der Waals surface area contributed by atoms with Gasteiger partial charge in [0.1, 0.15) is 6.17 Å². The molecular formula is C10H15N7O. The van der Waals surface area contributed by atoms with E-state index in [0.29, 0.717) is 5.69 Å². The molecule has 8 heteroatoms. The maximum Gasteiger partial charge on any atom is 0.198 e. The zero-order valence-corrected chi connectivity index (χ0v) is 9.53. The Morgan fingerprint density at radius 3 is 2.11 bits per heavy atom. The van der Waals surface area contributed by atoms with Gasteiger partial charge in [0.25, 0.3) is 0 Å². The van der Waals surface area contributed by atoms with Gasteiger partial charge in [0, 0.05) is 6.20 Å². The van der Waals surface area contributed by atoms with Gasteiger partial charge in [-0.15, -0.1) is 0 Å². The van der Waals surface area contributed by atoms with E-state index in [1.807, 2.05) is 0 Å². The fourth-order valence-corrected chi connectivity index (χ4v) is 1.91. The molecule has 0 saturated carbocycles. The van der Waals surface area contributed by atoms with E-state index >= 15 is 0 Å². The lowest BCUT2D eigenvalue weighted by Crippen LogP contribution is -2.40. The molecule has 18 heavy (non-hydrogen) atoms. The third-order valence-corrected chi connectivity index (χ3v) is 2.96. The van der Waals surface area contributed by atoms with E-state index in [9.17, 15) is 4.79 Å². The number of fused-ring (bicyclic) bond motifs is 1. The van der Waals surface area contributed by atoms with Crippen molar-refractivity contribution < 1.29 is 4.79 Å². The Labute approximate surface area is 103 Å². The van der Waals surface area contributed by atoms with Crippen LogP contribution >= 0.6 is 0 Å². The molecule has 0 spiro atoms. The molecule has 96 valence electrons. The fourth-order valence-electron chi connectivity index (χ4n) is 1.91. The van der Waals surface area contributed by atoms with Crippen LogP contribution in [0.3, 0.4) is 0 Å². The predicted molar refractivity (Wildman–Crippen MR) is 72.3 cm³/mol. The number of benzene rings is 1. The monoisotopic (exact) mass is 249 g/mol. The smallest absolute Gasteiger partial charge is 0.198 e. The maximum atomic E-state index is 12.2. The zero-order chi connectivity index (χ0) is 13.6. The summed E-state index contributed by atoms with van der Waals surface area (Å²) in [6.07, 6.45) is 0.366. The molecular weight excluding hydrogens is 234 g/mol. The second-order valence-electron chi connectivity index (χ2n) is 3.98. The SMILES string of the molecule is N/C=C1/C(=O)c2c(N)c(N)c(N)c(N)c2NC1N. The highest BCUT2D eigenvalue weighted by atomic mass is 16.1. The van der Waals surface area contributed by atoms with Crippen molar-refractivity contribution in [3.8, 4) is 0 Å². The zero-order valence-electron chi connectivity index (χ0n) is 9.53. The summed E-state index contributed by atoms with van der Waals surface area (Å²) in [5.74, 6) is -0.408. The van der Waals surface area contributed by atoms with E-state index in [1.54, 1.807) is 0 Å². The number of ketones is 1. The normalized spacial score (nSPS) is 20.6. The van der Waals surface area contributed by atoms with Gasteiger partial charge in [-0.2, -0.15) is 0 Å². The Morgan fingerprint density at radius 1 is 1.00 bits per heavy atom. The summed E-state index contributed by atoms with van der Waals surface area (Å²) in [5, 5.41) is 2.84. The van der Waals surface area contributed by atoms with Gasteiger partial charge in [0.05, 0.1) is 39.6 Å². The lowest BCUT2D eigenvalue weighted by molar-refractivity contribution is 0.102. The largest absolute Gasteiger partial charge is 0.404 e. The quantitative estimate of drug-likeness (QED) is 0.219. The molecule has 8 nitrogen and oxygen atoms in total. The molecule has 1 aromatic carbocycles. The van der Waals surface area contributed by atoms with Crippen molar-refractivity contribution in [2.75, 3.05) is 28.3 Å². The van der Waals surface area contributed by atoms with Gasteiger partial charge in [-0.25, -0.2) is 0 Å². The van der Waals surface area contributed by atoms with Gasteiger partial charge in [-0.05, 0) is 0 Å². The van der Waals surface area contributed by atoms with E-state index in [0.717, 1.165) is 6.20 Å². The van der Waals surface area contributed by atoms with E-state index < -0.39 is 11.9 Å². The highest BCUT2D eigenvalue weighted by Gasteiger charge is 2.32. The number of nitrogens with two attached hydrogens (primary N) is 6. The molecule has 1 aliphatic rings. The number of nitrogen functional groups attached to an aromatic ring is 4. The number of rotatable bonds is 0. The first-order chi connectivity index (χ1) is 8.40. The van der Waals surface area contributed by atoms with Crippen LogP contribution in [0, 0.1) is 0 Å². The molecule has 0 radical (unpaired) electrons. The predicted octanol–water partition coefficient (Wildman–Crippen LogP) is -1.25. The highest BCUT2D eigenvalue weighted by Crippen LogP contribution is 2.43. The van der Waals surface area contributed by atoms with Crippen LogP contribution in [-0.4, -0.2) is 11.9 Å². The van der Waals surface area contributed by atoms with Crippen molar-refractivity contribution >= 4 is 34.2 Å². The third-order valence-electron chi connectivity index (χ3n) is 2.96. The second kappa shape index (κ2) is 3.70. The molecule has 0 saturated heterocycles. The molecule has 1 atom stereocenters. The van der Waals surface area contributed by atoms with Gasteiger partial charge in [0.2, 0.25) is 0 Å². The molecule has 0 aromatic heterocycles. The minimum absolute atomic E-state index is 0.0699. The minimum atomic E-state index is -0.764. The van der Waals surface area contributed by atoms with Gasteiger partial charge >= 0.3 is 0 Å². The average molecular weight is 249 g/mol. The third kappa shape index (κ3) is 1.32. The Morgan fingerprint density at radius 2 is 1.56 bits per heavy atom. The maximum absolute atomic E-state index is 12.2. The van der Waals surface area contributed by atoms with E-state index in [1.165, 1.54) is 0 Å². The molecule has 1 aromatic rings. The summed E-state index contributed by atoms with van der Waals surface area (Å²) in [5.41, 5.74) is 35.2. The first-order valence-electron chi connectivity index (χ1n) is 5.14. The Kier molecular flexibility index (Phi) is 2.44. The van der Waals surface area contributed by atoms with Crippen LogP contribution in [0.2, 0.25) is 0 Å². The van der Waals surface area contributed by atoms with Crippen LogP contribution in [0.4, 0.5) is 28.4 Å². The van der Waals surface area contributed by atoms with Crippen molar-refractivity contribution in [2.45, 2.75) is 6.17 Å². The summed E-state index contributed by atoms with van der Waals surface area (Å²) in [7, 11) is 0. The summed E-state index contributed by atoms with van der Waals surface area (Å²) >= 11 is 0. The molecule has 1 unspecified atom stereocenters. The highest BCUT2D eigenvalue weighted by molar-refractivity contribution is 6.22. The van der Waals surface area contributed by atoms with Crippen LogP contribution in [0.5, 0.6) is 0 Å². The van der Waals surface area contributed by atoms with Gasteiger partial charge in [0.15, 0.2) is 5.78 Å². The minimum Gasteiger partial charge on any atom is -0.404 e. The number of hydrogen-bond acceptors (Lipinski definition) is 8.